The third kappa shape index (κ3) is 3.34. The molecule has 1 rings (SSSR count). The number of carbonyl (C=O) groups is 1. The van der Waals surface area contributed by atoms with Gasteiger partial charge in [0.25, 0.3) is 0 Å². The summed E-state index contributed by atoms with van der Waals surface area (Å²) in [6, 6.07) is 0. The number of rotatable bonds is 3. The van der Waals surface area contributed by atoms with E-state index in [2.05, 4.69) is 5.92 Å². The summed E-state index contributed by atoms with van der Waals surface area (Å²) in [5.74, 6) is 1.87. The molecule has 1 saturated heterocycles. The van der Waals surface area contributed by atoms with Crippen molar-refractivity contribution >= 4 is 13.5 Å². The van der Waals surface area contributed by atoms with Crippen molar-refractivity contribution in [1.29, 1.82) is 0 Å². The molecule has 0 aromatic rings. The van der Waals surface area contributed by atoms with Gasteiger partial charge in [-0.15, -0.1) is 6.42 Å². The van der Waals surface area contributed by atoms with Crippen molar-refractivity contribution < 1.29 is 14.4 Å². The lowest BCUT2D eigenvalue weighted by Crippen LogP contribution is -2.14. The fourth-order valence-electron chi connectivity index (χ4n) is 1.49. The second-order valence-electron chi connectivity index (χ2n) is 3.27. The molecule has 72 valence electrons. The molecule has 0 aromatic heterocycles. The van der Waals surface area contributed by atoms with Crippen LogP contribution in [0.5, 0.6) is 0 Å². The number of esters is 1. The third-order valence-corrected chi connectivity index (χ3v) is 5.28. The standard InChI is InChI=1S/C9H14O3P/c1-2-5-12-9(10)8-13(11)6-3-4-7-13/h1,11H,3-8H2/q+1. The van der Waals surface area contributed by atoms with Crippen molar-refractivity contribution in [2.45, 2.75) is 12.8 Å². The van der Waals surface area contributed by atoms with Crippen molar-refractivity contribution in [3.63, 3.8) is 0 Å². The van der Waals surface area contributed by atoms with Crippen LogP contribution in [0.15, 0.2) is 0 Å². The van der Waals surface area contributed by atoms with Crippen molar-refractivity contribution in [3.8, 4) is 12.3 Å². The van der Waals surface area contributed by atoms with Crippen LogP contribution in [0.4, 0.5) is 0 Å². The van der Waals surface area contributed by atoms with E-state index in [0.717, 1.165) is 25.2 Å². The van der Waals surface area contributed by atoms with E-state index in [4.69, 9.17) is 11.2 Å². The maximum atomic E-state index is 11.1. The first-order valence-electron chi connectivity index (χ1n) is 4.34. The predicted octanol–water partition coefficient (Wildman–Crippen LogP) is 0.881. The first-order valence-corrected chi connectivity index (χ1v) is 6.64. The summed E-state index contributed by atoms with van der Waals surface area (Å²) in [6.45, 7) is 0.0127. The molecule has 1 fully saturated rings. The quantitative estimate of drug-likeness (QED) is 0.419. The second-order valence-corrected chi connectivity index (χ2v) is 6.67. The van der Waals surface area contributed by atoms with E-state index >= 15 is 0 Å². The maximum Gasteiger partial charge on any atom is 0.347 e. The maximum absolute atomic E-state index is 11.1. The van der Waals surface area contributed by atoms with Gasteiger partial charge in [0.1, 0.15) is 0 Å². The van der Waals surface area contributed by atoms with Crippen LogP contribution in [-0.4, -0.2) is 36.0 Å². The molecule has 1 heterocycles. The molecule has 0 bridgehead atoms. The van der Waals surface area contributed by atoms with Gasteiger partial charge in [-0.1, -0.05) is 5.92 Å². The Hall–Kier alpha value is -0.580. The highest BCUT2D eigenvalue weighted by Crippen LogP contribution is 2.59. The lowest BCUT2D eigenvalue weighted by Gasteiger charge is -2.11. The largest absolute Gasteiger partial charge is 0.450 e. The molecule has 0 saturated carbocycles. The van der Waals surface area contributed by atoms with Crippen LogP contribution >= 0.6 is 7.49 Å². The highest BCUT2D eigenvalue weighted by atomic mass is 31.2. The van der Waals surface area contributed by atoms with Gasteiger partial charge in [-0.3, -0.25) is 4.89 Å². The van der Waals surface area contributed by atoms with Gasteiger partial charge < -0.3 is 4.74 Å². The summed E-state index contributed by atoms with van der Waals surface area (Å²) in [5, 5.41) is 0. The van der Waals surface area contributed by atoms with Gasteiger partial charge in [0.2, 0.25) is 0 Å². The summed E-state index contributed by atoms with van der Waals surface area (Å²) in [7, 11) is -1.96. The monoisotopic (exact) mass is 201 g/mol. The van der Waals surface area contributed by atoms with E-state index in [9.17, 15) is 9.69 Å². The SMILES string of the molecule is C#CCOC(=O)C[P+]1(O)CCCC1. The molecular weight excluding hydrogens is 187 g/mol. The molecule has 0 aromatic carbocycles. The Morgan fingerprint density at radius 3 is 2.69 bits per heavy atom. The molecule has 3 nitrogen and oxygen atoms in total. The van der Waals surface area contributed by atoms with Crippen LogP contribution in [0.3, 0.4) is 0 Å². The zero-order valence-corrected chi connectivity index (χ0v) is 8.43. The van der Waals surface area contributed by atoms with Crippen LogP contribution in [0.25, 0.3) is 0 Å². The van der Waals surface area contributed by atoms with Crippen LogP contribution in [0.2, 0.25) is 0 Å². The lowest BCUT2D eigenvalue weighted by molar-refractivity contribution is -0.139. The van der Waals surface area contributed by atoms with E-state index in [-0.39, 0.29) is 18.7 Å². The molecule has 4 heteroatoms. The summed E-state index contributed by atoms with van der Waals surface area (Å²) in [6.07, 6.45) is 8.80. The Morgan fingerprint density at radius 2 is 2.15 bits per heavy atom. The zero-order valence-electron chi connectivity index (χ0n) is 7.53. The number of hydrogen-bond acceptors (Lipinski definition) is 3. The van der Waals surface area contributed by atoms with Crippen molar-refractivity contribution in [1.82, 2.24) is 0 Å². The summed E-state index contributed by atoms with van der Waals surface area (Å²) in [4.78, 5) is 21.0. The highest BCUT2D eigenvalue weighted by Gasteiger charge is 2.42. The Labute approximate surface area is 78.9 Å². The van der Waals surface area contributed by atoms with Crippen LogP contribution in [0, 0.1) is 12.3 Å². The Bertz CT molecular complexity index is 226. The minimum absolute atomic E-state index is 0.0127. The first-order chi connectivity index (χ1) is 6.16. The average molecular weight is 201 g/mol. The van der Waals surface area contributed by atoms with Crippen molar-refractivity contribution in [3.05, 3.63) is 0 Å². The lowest BCUT2D eigenvalue weighted by atomic mass is 10.4. The highest BCUT2D eigenvalue weighted by molar-refractivity contribution is 7.71. The van der Waals surface area contributed by atoms with E-state index in [1.54, 1.807) is 0 Å². The van der Waals surface area contributed by atoms with E-state index in [1.165, 1.54) is 0 Å². The van der Waals surface area contributed by atoms with Crippen LogP contribution in [0.1, 0.15) is 12.8 Å². The Balaban J connectivity index is 2.31. The summed E-state index contributed by atoms with van der Waals surface area (Å²) in [5.41, 5.74) is 0. The molecule has 0 amide bonds. The molecule has 0 radical (unpaired) electrons. The summed E-state index contributed by atoms with van der Waals surface area (Å²) >= 11 is 0. The van der Waals surface area contributed by atoms with Gasteiger partial charge in [-0.25, -0.2) is 4.79 Å². The fourth-order valence-corrected chi connectivity index (χ4v) is 4.23. The first kappa shape index (κ1) is 10.5. The van der Waals surface area contributed by atoms with Crippen molar-refractivity contribution in [2.24, 2.45) is 0 Å². The smallest absolute Gasteiger partial charge is 0.347 e. The van der Waals surface area contributed by atoms with Gasteiger partial charge >= 0.3 is 5.97 Å². The van der Waals surface area contributed by atoms with E-state index < -0.39 is 7.49 Å². The zero-order chi connectivity index (χ0) is 9.73. The number of terminal acetylenes is 1. The predicted molar refractivity (Wildman–Crippen MR) is 52.8 cm³/mol. The Morgan fingerprint density at radius 1 is 1.54 bits per heavy atom. The summed E-state index contributed by atoms with van der Waals surface area (Å²) < 4.78 is 4.71. The van der Waals surface area contributed by atoms with Crippen molar-refractivity contribution in [2.75, 3.05) is 25.1 Å². The van der Waals surface area contributed by atoms with E-state index in [0.29, 0.717) is 0 Å². The van der Waals surface area contributed by atoms with E-state index in [1.807, 2.05) is 0 Å². The molecular formula is C9H14O3P+. The average Bonchev–Trinajstić information content (AvgIpc) is 2.48. The number of hydrogen-bond donors (Lipinski definition) is 1. The number of ether oxygens (including phenoxy) is 1. The molecule has 1 N–H and O–H groups in total. The van der Waals surface area contributed by atoms with Gasteiger partial charge in [-0.05, 0) is 12.8 Å². The minimum Gasteiger partial charge on any atom is -0.450 e. The van der Waals surface area contributed by atoms with Gasteiger partial charge in [0.05, 0.1) is 12.3 Å². The van der Waals surface area contributed by atoms with Gasteiger partial charge in [0, 0.05) is 0 Å². The molecule has 0 atom stereocenters. The van der Waals surface area contributed by atoms with Gasteiger partial charge in [0.15, 0.2) is 20.3 Å². The third-order valence-electron chi connectivity index (χ3n) is 2.14. The molecule has 0 spiro atoms. The Kier molecular flexibility index (Phi) is 3.71. The van der Waals surface area contributed by atoms with Crippen LogP contribution in [-0.2, 0) is 9.53 Å². The molecule has 1 aliphatic rings. The normalized spacial score (nSPS) is 19.4. The van der Waals surface area contributed by atoms with Crippen LogP contribution < -0.4 is 0 Å². The second kappa shape index (κ2) is 4.60. The molecule has 0 unspecified atom stereocenters. The molecule has 13 heavy (non-hydrogen) atoms. The minimum atomic E-state index is -1.96. The van der Waals surface area contributed by atoms with Gasteiger partial charge in [-0.2, -0.15) is 0 Å². The fraction of sp³-hybridized carbons (Fsp3) is 0.667. The molecule has 0 aliphatic carbocycles. The number of carbonyl (C=O) groups excluding carboxylic acids is 1. The topological polar surface area (TPSA) is 46.5 Å². The molecule has 1 aliphatic heterocycles.